The number of rotatable bonds is 2. The van der Waals surface area contributed by atoms with Crippen molar-refractivity contribution in [1.82, 2.24) is 0 Å². The maximum Gasteiger partial charge on any atom is 0.315 e. The van der Waals surface area contributed by atoms with Gasteiger partial charge >= 0.3 is 5.97 Å². The molecule has 0 spiro atoms. The summed E-state index contributed by atoms with van der Waals surface area (Å²) >= 11 is 12.3. The van der Waals surface area contributed by atoms with Crippen molar-refractivity contribution in [2.24, 2.45) is 5.92 Å². The van der Waals surface area contributed by atoms with E-state index in [9.17, 15) is 4.79 Å². The summed E-state index contributed by atoms with van der Waals surface area (Å²) in [6.45, 7) is 0.881. The fourth-order valence-corrected chi connectivity index (χ4v) is 3.01. The first kappa shape index (κ1) is 12.7. The van der Waals surface area contributed by atoms with Gasteiger partial charge in [0.25, 0.3) is 0 Å². The van der Waals surface area contributed by atoms with E-state index in [2.05, 4.69) is 5.32 Å². The van der Waals surface area contributed by atoms with E-state index in [4.69, 9.17) is 27.9 Å². The second kappa shape index (κ2) is 5.25. The standard InChI is InChI=1S/C12H13Cl2NO2/c1-17-12(16)7-5-6-15-11(7)10-8(13)3-2-4-9(10)14/h2-4,7,11,15H,5-6H2,1H3/p+1/t7-,11-/m0/s1. The summed E-state index contributed by atoms with van der Waals surface area (Å²) in [6, 6.07) is 5.35. The number of esters is 1. The summed E-state index contributed by atoms with van der Waals surface area (Å²) in [5.41, 5.74) is 0.837. The van der Waals surface area contributed by atoms with Crippen LogP contribution in [0, 0.1) is 5.92 Å². The number of carbonyl (C=O) groups is 1. The largest absolute Gasteiger partial charge is 0.469 e. The maximum absolute atomic E-state index is 11.7. The smallest absolute Gasteiger partial charge is 0.315 e. The molecule has 1 aliphatic heterocycles. The minimum atomic E-state index is -0.195. The third-order valence-corrected chi connectivity index (χ3v) is 3.83. The van der Waals surface area contributed by atoms with E-state index in [1.54, 1.807) is 18.2 Å². The Labute approximate surface area is 110 Å². The molecule has 0 amide bonds. The first-order chi connectivity index (χ1) is 8.15. The van der Waals surface area contributed by atoms with Gasteiger partial charge in [0.2, 0.25) is 0 Å². The van der Waals surface area contributed by atoms with E-state index in [1.165, 1.54) is 7.11 Å². The second-order valence-electron chi connectivity index (χ2n) is 4.10. The van der Waals surface area contributed by atoms with E-state index >= 15 is 0 Å². The lowest BCUT2D eigenvalue weighted by Crippen LogP contribution is -2.82. The molecule has 1 aromatic rings. The van der Waals surface area contributed by atoms with Crippen LogP contribution in [0.25, 0.3) is 0 Å². The number of hydrogen-bond donors (Lipinski definition) is 1. The molecule has 92 valence electrons. The zero-order chi connectivity index (χ0) is 12.4. The number of halogens is 2. The maximum atomic E-state index is 11.7. The third-order valence-electron chi connectivity index (χ3n) is 3.17. The minimum absolute atomic E-state index is 0.0383. The van der Waals surface area contributed by atoms with Crippen LogP contribution in [0.4, 0.5) is 0 Å². The van der Waals surface area contributed by atoms with Crippen molar-refractivity contribution < 1.29 is 14.8 Å². The number of ether oxygens (including phenoxy) is 1. The average Bonchev–Trinajstić information content (AvgIpc) is 2.77. The molecule has 3 nitrogen and oxygen atoms in total. The Morgan fingerprint density at radius 2 is 2.06 bits per heavy atom. The van der Waals surface area contributed by atoms with Crippen LogP contribution in [0.2, 0.25) is 10.0 Å². The van der Waals surface area contributed by atoms with Gasteiger partial charge in [0.15, 0.2) is 0 Å². The van der Waals surface area contributed by atoms with Gasteiger partial charge in [0, 0.05) is 12.0 Å². The van der Waals surface area contributed by atoms with Gasteiger partial charge in [0.1, 0.15) is 12.0 Å². The number of quaternary nitrogens is 1. The Hall–Kier alpha value is -0.770. The molecule has 1 aromatic carbocycles. The van der Waals surface area contributed by atoms with Gasteiger partial charge in [-0.25, -0.2) is 0 Å². The van der Waals surface area contributed by atoms with Crippen LogP contribution in [0.15, 0.2) is 18.2 Å². The molecule has 2 atom stereocenters. The van der Waals surface area contributed by atoms with Crippen LogP contribution in [-0.4, -0.2) is 19.6 Å². The van der Waals surface area contributed by atoms with Crippen LogP contribution in [0.5, 0.6) is 0 Å². The molecule has 2 rings (SSSR count). The van der Waals surface area contributed by atoms with E-state index in [-0.39, 0.29) is 17.9 Å². The van der Waals surface area contributed by atoms with Crippen molar-refractivity contribution in [2.45, 2.75) is 12.5 Å². The predicted molar refractivity (Wildman–Crippen MR) is 66.1 cm³/mol. The lowest BCUT2D eigenvalue weighted by molar-refractivity contribution is -0.678. The minimum Gasteiger partial charge on any atom is -0.469 e. The lowest BCUT2D eigenvalue weighted by Gasteiger charge is -2.17. The average molecular weight is 275 g/mol. The Balaban J connectivity index is 2.36. The van der Waals surface area contributed by atoms with Crippen LogP contribution in [0.3, 0.4) is 0 Å². The van der Waals surface area contributed by atoms with Gasteiger partial charge < -0.3 is 10.1 Å². The Morgan fingerprint density at radius 1 is 1.41 bits per heavy atom. The molecule has 17 heavy (non-hydrogen) atoms. The summed E-state index contributed by atoms with van der Waals surface area (Å²) in [4.78, 5) is 11.7. The molecule has 1 fully saturated rings. The molecular formula is C12H14Cl2NO2+. The van der Waals surface area contributed by atoms with E-state index in [0.29, 0.717) is 10.0 Å². The van der Waals surface area contributed by atoms with Crippen molar-refractivity contribution >= 4 is 29.2 Å². The van der Waals surface area contributed by atoms with Crippen molar-refractivity contribution in [3.05, 3.63) is 33.8 Å². The topological polar surface area (TPSA) is 42.9 Å². The third kappa shape index (κ3) is 2.41. The highest BCUT2D eigenvalue weighted by Crippen LogP contribution is 2.35. The first-order valence-electron chi connectivity index (χ1n) is 5.50. The van der Waals surface area contributed by atoms with Crippen molar-refractivity contribution in [1.29, 1.82) is 0 Å². The molecule has 0 aromatic heterocycles. The molecule has 0 saturated carbocycles. The fraction of sp³-hybridized carbons (Fsp3) is 0.417. The summed E-state index contributed by atoms with van der Waals surface area (Å²) in [7, 11) is 1.41. The summed E-state index contributed by atoms with van der Waals surface area (Å²) < 4.78 is 4.82. The zero-order valence-corrected chi connectivity index (χ0v) is 11.0. The molecule has 1 aliphatic rings. The number of carbonyl (C=O) groups excluding carboxylic acids is 1. The molecule has 0 bridgehead atoms. The molecule has 5 heteroatoms. The van der Waals surface area contributed by atoms with Gasteiger partial charge in [-0.3, -0.25) is 4.79 Å². The summed E-state index contributed by atoms with van der Waals surface area (Å²) in [5.74, 6) is -0.364. The van der Waals surface area contributed by atoms with Crippen LogP contribution < -0.4 is 5.32 Å². The van der Waals surface area contributed by atoms with Gasteiger partial charge in [-0.1, -0.05) is 29.3 Å². The molecule has 0 unspecified atom stereocenters. The second-order valence-corrected chi connectivity index (χ2v) is 4.92. The van der Waals surface area contributed by atoms with Crippen LogP contribution >= 0.6 is 23.2 Å². The molecule has 2 N–H and O–H groups in total. The Morgan fingerprint density at radius 3 is 2.65 bits per heavy atom. The van der Waals surface area contributed by atoms with E-state index in [1.807, 2.05) is 0 Å². The fourth-order valence-electron chi connectivity index (χ4n) is 2.36. The molecule has 1 saturated heterocycles. The number of benzene rings is 1. The Kier molecular flexibility index (Phi) is 3.92. The van der Waals surface area contributed by atoms with Gasteiger partial charge in [-0.05, 0) is 12.1 Å². The quantitative estimate of drug-likeness (QED) is 0.836. The monoisotopic (exact) mass is 274 g/mol. The number of hydrogen-bond acceptors (Lipinski definition) is 2. The predicted octanol–water partition coefficient (Wildman–Crippen LogP) is 1.79. The van der Waals surface area contributed by atoms with Gasteiger partial charge in [-0.2, -0.15) is 0 Å². The zero-order valence-electron chi connectivity index (χ0n) is 9.45. The van der Waals surface area contributed by atoms with Crippen LogP contribution in [-0.2, 0) is 9.53 Å². The highest BCUT2D eigenvalue weighted by atomic mass is 35.5. The number of methoxy groups -OCH3 is 1. The molecule has 0 radical (unpaired) electrons. The van der Waals surface area contributed by atoms with Crippen molar-refractivity contribution in [3.63, 3.8) is 0 Å². The summed E-state index contributed by atoms with van der Waals surface area (Å²) in [6.07, 6.45) is 0.791. The summed E-state index contributed by atoms with van der Waals surface area (Å²) in [5, 5.41) is 3.30. The highest BCUT2D eigenvalue weighted by molar-refractivity contribution is 6.36. The first-order valence-corrected chi connectivity index (χ1v) is 6.25. The molecule has 1 heterocycles. The highest BCUT2D eigenvalue weighted by Gasteiger charge is 2.40. The van der Waals surface area contributed by atoms with E-state index < -0.39 is 0 Å². The normalized spacial score (nSPS) is 23.7. The Bertz CT molecular complexity index is 416. The lowest BCUT2D eigenvalue weighted by atomic mass is 9.94. The van der Waals surface area contributed by atoms with Gasteiger partial charge in [-0.15, -0.1) is 0 Å². The molecule has 0 aliphatic carbocycles. The SMILES string of the molecule is COC(=O)[C@H]1CC[NH2+][C@@H]1c1c(Cl)cccc1Cl. The van der Waals surface area contributed by atoms with Crippen molar-refractivity contribution in [3.8, 4) is 0 Å². The number of nitrogens with two attached hydrogens (primary N) is 1. The van der Waals surface area contributed by atoms with Crippen LogP contribution in [0.1, 0.15) is 18.0 Å². The van der Waals surface area contributed by atoms with Crippen molar-refractivity contribution in [2.75, 3.05) is 13.7 Å². The van der Waals surface area contributed by atoms with Gasteiger partial charge in [0.05, 0.1) is 23.7 Å². The van der Waals surface area contributed by atoms with E-state index in [0.717, 1.165) is 18.5 Å². The molecular weight excluding hydrogens is 261 g/mol.